The van der Waals surface area contributed by atoms with Crippen LogP contribution in [0.25, 0.3) is 0 Å². The number of rotatable bonds is 8. The van der Waals surface area contributed by atoms with E-state index in [2.05, 4.69) is 25.3 Å². The monoisotopic (exact) mass is 355 g/mol. The lowest BCUT2D eigenvalue weighted by molar-refractivity contribution is 1.01. The average Bonchev–Trinajstić information content (AvgIpc) is 3.03. The van der Waals surface area contributed by atoms with Crippen LogP contribution in [-0.4, -0.2) is 32.2 Å². The number of aryl methyl sites for hydroxylation is 1. The van der Waals surface area contributed by atoms with Crippen LogP contribution in [0.3, 0.4) is 0 Å². The molecular formula is C18H21N5OS. The lowest BCUT2D eigenvalue weighted by Crippen LogP contribution is -2.18. The summed E-state index contributed by atoms with van der Waals surface area (Å²) in [6.45, 7) is 2.75. The third-order valence-electron chi connectivity index (χ3n) is 3.82. The highest BCUT2D eigenvalue weighted by Gasteiger charge is 2.04. The number of hydrogen-bond acceptors (Lipinski definition) is 5. The molecule has 2 heterocycles. The van der Waals surface area contributed by atoms with Gasteiger partial charge < -0.3 is 10.3 Å². The summed E-state index contributed by atoms with van der Waals surface area (Å²) in [6, 6.07) is 9.91. The first-order valence-electron chi connectivity index (χ1n) is 8.15. The number of nitrogens with one attached hydrogen (secondary N) is 3. The molecule has 3 rings (SSSR count). The first-order chi connectivity index (χ1) is 12.2. The lowest BCUT2D eigenvalue weighted by Gasteiger charge is -2.06. The number of aromatic amines is 2. The largest absolute Gasteiger partial charge is 0.355 e. The van der Waals surface area contributed by atoms with Crippen LogP contribution in [0.5, 0.6) is 0 Å². The molecule has 0 bridgehead atoms. The van der Waals surface area contributed by atoms with Crippen molar-refractivity contribution in [2.24, 2.45) is 0 Å². The summed E-state index contributed by atoms with van der Waals surface area (Å²) >= 11 is 1.79. The smallest absolute Gasteiger partial charge is 0.255 e. The van der Waals surface area contributed by atoms with E-state index in [0.717, 1.165) is 35.0 Å². The van der Waals surface area contributed by atoms with E-state index in [1.807, 2.05) is 37.3 Å². The van der Waals surface area contributed by atoms with Crippen molar-refractivity contribution >= 4 is 17.7 Å². The summed E-state index contributed by atoms with van der Waals surface area (Å²) in [4.78, 5) is 26.6. The second kappa shape index (κ2) is 8.53. The minimum Gasteiger partial charge on any atom is -0.355 e. The predicted molar refractivity (Wildman–Crippen MR) is 102 cm³/mol. The Morgan fingerprint density at radius 3 is 2.76 bits per heavy atom. The molecule has 3 N–H and O–H groups in total. The Hall–Kier alpha value is -2.54. The third kappa shape index (κ3) is 4.96. The topological polar surface area (TPSA) is 86.5 Å². The van der Waals surface area contributed by atoms with Crippen molar-refractivity contribution in [3.8, 4) is 0 Å². The molecule has 0 saturated carbocycles. The molecule has 0 aliphatic carbocycles. The first-order valence-corrected chi connectivity index (χ1v) is 9.30. The van der Waals surface area contributed by atoms with Gasteiger partial charge in [-0.15, -0.1) is 0 Å². The fourth-order valence-corrected chi connectivity index (χ4v) is 3.27. The number of aromatic nitrogens is 4. The number of thioether (sulfide) groups is 1. The molecule has 25 heavy (non-hydrogen) atoms. The molecule has 0 radical (unpaired) electrons. The highest BCUT2D eigenvalue weighted by molar-refractivity contribution is 7.98. The summed E-state index contributed by atoms with van der Waals surface area (Å²) < 4.78 is 0. The molecule has 1 aromatic carbocycles. The molecule has 0 unspecified atom stereocenters. The minimum absolute atomic E-state index is 0.0962. The predicted octanol–water partition coefficient (Wildman–Crippen LogP) is 2.74. The first kappa shape index (κ1) is 17.3. The molecule has 0 saturated heterocycles. The SMILES string of the molecule is Cc1[nH]cnc1CSCCNc1ncc(Cc2ccccc2)c(=O)[nH]1. The molecule has 130 valence electrons. The summed E-state index contributed by atoms with van der Waals surface area (Å²) in [6.07, 6.45) is 3.95. The molecule has 6 nitrogen and oxygen atoms in total. The van der Waals surface area contributed by atoms with E-state index < -0.39 is 0 Å². The van der Waals surface area contributed by atoms with Crippen molar-refractivity contribution in [3.63, 3.8) is 0 Å². The van der Waals surface area contributed by atoms with Crippen molar-refractivity contribution in [1.29, 1.82) is 0 Å². The quantitative estimate of drug-likeness (QED) is 0.541. The van der Waals surface area contributed by atoms with Gasteiger partial charge in [-0.3, -0.25) is 9.78 Å². The zero-order valence-corrected chi connectivity index (χ0v) is 14.9. The Morgan fingerprint density at radius 2 is 2.04 bits per heavy atom. The number of imidazole rings is 1. The van der Waals surface area contributed by atoms with Crippen LogP contribution in [0, 0.1) is 6.92 Å². The Labute approximate surface area is 150 Å². The van der Waals surface area contributed by atoms with Crippen molar-refractivity contribution in [2.75, 3.05) is 17.6 Å². The van der Waals surface area contributed by atoms with Gasteiger partial charge in [0.05, 0.1) is 12.0 Å². The molecule has 0 amide bonds. The maximum absolute atomic E-state index is 12.2. The number of nitrogens with zero attached hydrogens (tertiary/aromatic N) is 2. The Morgan fingerprint density at radius 1 is 1.20 bits per heavy atom. The van der Waals surface area contributed by atoms with Crippen LogP contribution in [0.4, 0.5) is 5.95 Å². The summed E-state index contributed by atoms with van der Waals surface area (Å²) in [5.74, 6) is 2.29. The number of anilines is 1. The fraction of sp³-hybridized carbons (Fsp3) is 0.278. The number of hydrogen-bond donors (Lipinski definition) is 3. The summed E-state index contributed by atoms with van der Waals surface area (Å²) in [5.41, 5.74) is 3.86. The average molecular weight is 355 g/mol. The summed E-state index contributed by atoms with van der Waals surface area (Å²) in [7, 11) is 0. The molecule has 3 aromatic rings. The Balaban J connectivity index is 1.46. The van der Waals surface area contributed by atoms with Gasteiger partial charge in [0.15, 0.2) is 0 Å². The molecule has 2 aromatic heterocycles. The van der Waals surface area contributed by atoms with Crippen molar-refractivity contribution in [2.45, 2.75) is 19.1 Å². The van der Waals surface area contributed by atoms with Crippen LogP contribution in [0.15, 0.2) is 47.7 Å². The fourth-order valence-electron chi connectivity index (χ4n) is 2.40. The lowest BCUT2D eigenvalue weighted by atomic mass is 10.1. The zero-order chi connectivity index (χ0) is 17.5. The van der Waals surface area contributed by atoms with E-state index in [0.29, 0.717) is 17.9 Å². The minimum atomic E-state index is -0.0962. The molecule has 0 aliphatic heterocycles. The van der Waals surface area contributed by atoms with Crippen LogP contribution < -0.4 is 10.9 Å². The van der Waals surface area contributed by atoms with E-state index in [-0.39, 0.29) is 5.56 Å². The maximum atomic E-state index is 12.2. The van der Waals surface area contributed by atoms with Gasteiger partial charge in [-0.1, -0.05) is 30.3 Å². The van der Waals surface area contributed by atoms with Gasteiger partial charge in [-0.2, -0.15) is 11.8 Å². The van der Waals surface area contributed by atoms with Crippen LogP contribution >= 0.6 is 11.8 Å². The van der Waals surface area contributed by atoms with Crippen LogP contribution in [0.2, 0.25) is 0 Å². The normalized spacial score (nSPS) is 10.8. The molecule has 0 fully saturated rings. The van der Waals surface area contributed by atoms with Crippen LogP contribution in [0.1, 0.15) is 22.5 Å². The van der Waals surface area contributed by atoms with E-state index in [1.165, 1.54) is 0 Å². The highest BCUT2D eigenvalue weighted by Crippen LogP contribution is 2.12. The highest BCUT2D eigenvalue weighted by atomic mass is 32.2. The Bertz CT molecular complexity index is 859. The van der Waals surface area contributed by atoms with Gasteiger partial charge in [-0.25, -0.2) is 9.97 Å². The number of H-pyrrole nitrogens is 2. The maximum Gasteiger partial charge on any atom is 0.255 e. The second-order valence-corrected chi connectivity index (χ2v) is 6.81. The molecule has 0 spiro atoms. The van der Waals surface area contributed by atoms with E-state index in [4.69, 9.17) is 0 Å². The molecular weight excluding hydrogens is 334 g/mol. The van der Waals surface area contributed by atoms with Gasteiger partial charge in [0.1, 0.15) is 0 Å². The van der Waals surface area contributed by atoms with Gasteiger partial charge in [0.2, 0.25) is 5.95 Å². The van der Waals surface area contributed by atoms with Gasteiger partial charge >= 0.3 is 0 Å². The van der Waals surface area contributed by atoms with Crippen molar-refractivity contribution in [1.82, 2.24) is 19.9 Å². The van der Waals surface area contributed by atoms with E-state index in [9.17, 15) is 4.79 Å². The van der Waals surface area contributed by atoms with E-state index in [1.54, 1.807) is 24.3 Å². The summed E-state index contributed by atoms with van der Waals surface area (Å²) in [5, 5.41) is 3.16. The van der Waals surface area contributed by atoms with Gasteiger partial charge in [0.25, 0.3) is 5.56 Å². The molecule has 7 heteroatoms. The van der Waals surface area contributed by atoms with Crippen molar-refractivity contribution < 1.29 is 0 Å². The number of benzene rings is 1. The van der Waals surface area contributed by atoms with E-state index >= 15 is 0 Å². The second-order valence-electron chi connectivity index (χ2n) is 5.70. The van der Waals surface area contributed by atoms with Gasteiger partial charge in [-0.05, 0) is 12.5 Å². The third-order valence-corrected chi connectivity index (χ3v) is 4.79. The zero-order valence-electron chi connectivity index (χ0n) is 14.1. The Kier molecular flexibility index (Phi) is 5.90. The molecule has 0 atom stereocenters. The van der Waals surface area contributed by atoms with Gasteiger partial charge in [0, 0.05) is 41.9 Å². The molecule has 0 aliphatic rings. The van der Waals surface area contributed by atoms with Crippen molar-refractivity contribution in [3.05, 3.63) is 75.7 Å². The van der Waals surface area contributed by atoms with Crippen LogP contribution in [-0.2, 0) is 12.2 Å². The standard InChI is InChI=1S/C18H21N5OS/c1-13-16(22-12-21-13)11-25-8-7-19-18-20-10-15(17(24)23-18)9-14-5-3-2-4-6-14/h2-6,10,12H,7-9,11H2,1H3,(H,21,22)(H2,19,20,23,24).